The maximum atomic E-state index is 11.1. The van der Waals surface area contributed by atoms with Gasteiger partial charge in [0.25, 0.3) is 0 Å². The molecule has 1 aliphatic rings. The number of likely N-dealkylation sites (tertiary alicyclic amines) is 1. The molecule has 0 radical (unpaired) electrons. The molecular weight excluding hydrogens is 178 g/mol. The minimum Gasteiger partial charge on any atom is -0.368 e. The van der Waals surface area contributed by atoms with Crippen LogP contribution in [-0.2, 0) is 4.79 Å². The van der Waals surface area contributed by atoms with Crippen molar-refractivity contribution in [2.75, 3.05) is 13.6 Å². The van der Waals surface area contributed by atoms with Gasteiger partial charge < -0.3 is 11.1 Å². The second-order valence-corrected chi connectivity index (χ2v) is 4.27. The number of hydrogen-bond donors (Lipinski definition) is 2. The van der Waals surface area contributed by atoms with Crippen LogP contribution in [0.1, 0.15) is 26.7 Å². The van der Waals surface area contributed by atoms with E-state index in [0.29, 0.717) is 12.1 Å². The molecule has 4 heteroatoms. The highest BCUT2D eigenvalue weighted by atomic mass is 16.1. The Labute approximate surface area is 85.8 Å². The summed E-state index contributed by atoms with van der Waals surface area (Å²) in [5.41, 5.74) is 5.31. The van der Waals surface area contributed by atoms with E-state index in [0.717, 1.165) is 19.4 Å². The molecule has 1 heterocycles. The fourth-order valence-electron chi connectivity index (χ4n) is 1.97. The minimum atomic E-state index is -0.207. The van der Waals surface area contributed by atoms with E-state index >= 15 is 0 Å². The summed E-state index contributed by atoms with van der Waals surface area (Å²) in [5, 5.41) is 3.49. The Bertz CT molecular complexity index is 208. The van der Waals surface area contributed by atoms with Gasteiger partial charge in [0.2, 0.25) is 5.91 Å². The van der Waals surface area contributed by atoms with Crippen molar-refractivity contribution < 1.29 is 4.79 Å². The first-order valence-corrected chi connectivity index (χ1v) is 5.30. The van der Waals surface area contributed by atoms with Crippen molar-refractivity contribution in [1.82, 2.24) is 10.2 Å². The Morgan fingerprint density at radius 2 is 2.36 bits per heavy atom. The normalized spacial score (nSPS) is 30.5. The van der Waals surface area contributed by atoms with E-state index in [1.165, 1.54) is 0 Å². The molecule has 1 amide bonds. The molecule has 0 aromatic rings. The summed E-state index contributed by atoms with van der Waals surface area (Å²) in [5.74, 6) is -0.207. The summed E-state index contributed by atoms with van der Waals surface area (Å²) < 4.78 is 0. The van der Waals surface area contributed by atoms with Crippen LogP contribution in [0.15, 0.2) is 0 Å². The zero-order chi connectivity index (χ0) is 10.7. The summed E-state index contributed by atoms with van der Waals surface area (Å²) in [6, 6.07) is 0.837. The Morgan fingerprint density at radius 3 is 2.79 bits per heavy atom. The quantitative estimate of drug-likeness (QED) is 0.666. The van der Waals surface area contributed by atoms with E-state index in [1.54, 1.807) is 0 Å². The molecular formula is C10H21N3O. The number of amides is 1. The summed E-state index contributed by atoms with van der Waals surface area (Å²) in [6.45, 7) is 5.23. The molecule has 1 aliphatic heterocycles. The third-order valence-electron chi connectivity index (χ3n) is 3.01. The van der Waals surface area contributed by atoms with E-state index in [-0.39, 0.29) is 11.9 Å². The third kappa shape index (κ3) is 2.69. The number of nitrogens with two attached hydrogens (primary N) is 1. The van der Waals surface area contributed by atoms with E-state index in [9.17, 15) is 4.79 Å². The predicted molar refractivity (Wildman–Crippen MR) is 56.9 cm³/mol. The molecule has 1 saturated heterocycles. The van der Waals surface area contributed by atoms with Gasteiger partial charge in [-0.15, -0.1) is 0 Å². The molecule has 1 rings (SSSR count). The van der Waals surface area contributed by atoms with Crippen molar-refractivity contribution in [3.8, 4) is 0 Å². The number of likely N-dealkylation sites (N-methyl/N-ethyl adjacent to an activating group) is 1. The first-order valence-electron chi connectivity index (χ1n) is 5.30. The van der Waals surface area contributed by atoms with Crippen LogP contribution in [0, 0.1) is 0 Å². The standard InChI is InChI=1S/C10H21N3O/c1-4-7(2)12-8-5-9(10(11)14)13(3)6-8/h7-9,12H,4-6H2,1-3H3,(H2,11,14). The number of primary amides is 1. The summed E-state index contributed by atoms with van der Waals surface area (Å²) in [6.07, 6.45) is 1.96. The topological polar surface area (TPSA) is 58.4 Å². The molecule has 0 spiro atoms. The highest BCUT2D eigenvalue weighted by Gasteiger charge is 2.33. The Hall–Kier alpha value is -0.610. The van der Waals surface area contributed by atoms with Crippen molar-refractivity contribution in [2.45, 2.75) is 44.8 Å². The van der Waals surface area contributed by atoms with Gasteiger partial charge in [-0.3, -0.25) is 9.69 Å². The lowest BCUT2D eigenvalue weighted by atomic mass is 10.1. The molecule has 0 aromatic carbocycles. The number of carbonyl (C=O) groups excluding carboxylic acids is 1. The number of nitrogens with one attached hydrogen (secondary N) is 1. The van der Waals surface area contributed by atoms with E-state index < -0.39 is 0 Å². The van der Waals surface area contributed by atoms with Crippen LogP contribution in [0.4, 0.5) is 0 Å². The van der Waals surface area contributed by atoms with E-state index in [1.807, 2.05) is 11.9 Å². The molecule has 0 bridgehead atoms. The molecule has 3 N–H and O–H groups in total. The third-order valence-corrected chi connectivity index (χ3v) is 3.01. The molecule has 0 aliphatic carbocycles. The van der Waals surface area contributed by atoms with Gasteiger partial charge in [-0.05, 0) is 26.8 Å². The smallest absolute Gasteiger partial charge is 0.234 e. The van der Waals surface area contributed by atoms with Crippen LogP contribution in [0.25, 0.3) is 0 Å². The zero-order valence-electron chi connectivity index (χ0n) is 9.29. The van der Waals surface area contributed by atoms with Gasteiger partial charge in [-0.2, -0.15) is 0 Å². The van der Waals surface area contributed by atoms with Crippen molar-refractivity contribution in [3.05, 3.63) is 0 Å². The van der Waals surface area contributed by atoms with Gasteiger partial charge in [0.15, 0.2) is 0 Å². The van der Waals surface area contributed by atoms with E-state index in [4.69, 9.17) is 5.73 Å². The monoisotopic (exact) mass is 199 g/mol. The van der Waals surface area contributed by atoms with E-state index in [2.05, 4.69) is 19.2 Å². The second-order valence-electron chi connectivity index (χ2n) is 4.27. The van der Waals surface area contributed by atoms with Crippen molar-refractivity contribution in [3.63, 3.8) is 0 Å². The molecule has 3 atom stereocenters. The Kier molecular flexibility index (Phi) is 3.89. The lowest BCUT2D eigenvalue weighted by molar-refractivity contribution is -0.121. The fourth-order valence-corrected chi connectivity index (χ4v) is 1.97. The lowest BCUT2D eigenvalue weighted by Crippen LogP contribution is -2.37. The predicted octanol–water partition coefficient (Wildman–Crippen LogP) is -0.0675. The van der Waals surface area contributed by atoms with Gasteiger partial charge in [0.1, 0.15) is 0 Å². The maximum Gasteiger partial charge on any atom is 0.234 e. The first-order chi connectivity index (χ1) is 6.54. The Balaban J connectivity index is 2.42. The maximum absolute atomic E-state index is 11.1. The van der Waals surface area contributed by atoms with Gasteiger partial charge in [0.05, 0.1) is 6.04 Å². The minimum absolute atomic E-state index is 0.0865. The van der Waals surface area contributed by atoms with Crippen LogP contribution in [0.2, 0.25) is 0 Å². The SMILES string of the molecule is CCC(C)NC1CC(C(N)=O)N(C)C1. The summed E-state index contributed by atoms with van der Waals surface area (Å²) in [7, 11) is 1.95. The van der Waals surface area contributed by atoms with Gasteiger partial charge in [0, 0.05) is 18.6 Å². The number of hydrogen-bond acceptors (Lipinski definition) is 3. The molecule has 0 aromatic heterocycles. The first kappa shape index (κ1) is 11.5. The molecule has 1 fully saturated rings. The molecule has 14 heavy (non-hydrogen) atoms. The highest BCUT2D eigenvalue weighted by Crippen LogP contribution is 2.15. The fraction of sp³-hybridized carbons (Fsp3) is 0.900. The van der Waals surface area contributed by atoms with Crippen molar-refractivity contribution in [2.24, 2.45) is 5.73 Å². The van der Waals surface area contributed by atoms with Gasteiger partial charge in [-0.25, -0.2) is 0 Å². The van der Waals surface area contributed by atoms with Crippen LogP contribution < -0.4 is 11.1 Å². The number of nitrogens with zero attached hydrogens (tertiary/aromatic N) is 1. The van der Waals surface area contributed by atoms with Gasteiger partial charge in [-0.1, -0.05) is 6.92 Å². The second kappa shape index (κ2) is 4.75. The average molecular weight is 199 g/mol. The van der Waals surface area contributed by atoms with Crippen LogP contribution >= 0.6 is 0 Å². The van der Waals surface area contributed by atoms with Crippen LogP contribution in [-0.4, -0.2) is 42.5 Å². The van der Waals surface area contributed by atoms with Gasteiger partial charge >= 0.3 is 0 Å². The van der Waals surface area contributed by atoms with Crippen molar-refractivity contribution >= 4 is 5.91 Å². The molecule has 3 unspecified atom stereocenters. The highest BCUT2D eigenvalue weighted by molar-refractivity contribution is 5.80. The molecule has 4 nitrogen and oxygen atoms in total. The Morgan fingerprint density at radius 1 is 1.71 bits per heavy atom. The van der Waals surface area contributed by atoms with Crippen molar-refractivity contribution in [1.29, 1.82) is 0 Å². The zero-order valence-corrected chi connectivity index (χ0v) is 9.29. The van der Waals surface area contributed by atoms with Crippen LogP contribution in [0.3, 0.4) is 0 Å². The largest absolute Gasteiger partial charge is 0.368 e. The molecule has 82 valence electrons. The summed E-state index contributed by atoms with van der Waals surface area (Å²) >= 11 is 0. The molecule has 0 saturated carbocycles. The summed E-state index contributed by atoms with van der Waals surface area (Å²) in [4.78, 5) is 13.1. The van der Waals surface area contributed by atoms with Crippen LogP contribution in [0.5, 0.6) is 0 Å². The number of rotatable bonds is 4. The number of carbonyl (C=O) groups is 1. The lowest BCUT2D eigenvalue weighted by Gasteiger charge is -2.17. The average Bonchev–Trinajstić information content (AvgIpc) is 2.46.